The third kappa shape index (κ3) is 3.97. The number of hydrogen-bond acceptors (Lipinski definition) is 6. The summed E-state index contributed by atoms with van der Waals surface area (Å²) in [6, 6.07) is 20.7. The average Bonchev–Trinajstić information content (AvgIpc) is 2.75. The average molecular weight is 391 g/mol. The molecule has 146 valence electrons. The van der Waals surface area contributed by atoms with Gasteiger partial charge in [0.05, 0.1) is 11.1 Å². The summed E-state index contributed by atoms with van der Waals surface area (Å²) in [7, 11) is 0. The Balaban J connectivity index is 1.90. The molecular formula is C21H17N3O5. The van der Waals surface area contributed by atoms with E-state index in [4.69, 9.17) is 0 Å². The van der Waals surface area contributed by atoms with E-state index < -0.39 is 27.9 Å². The number of nitro benzene ring substituents is 1. The van der Waals surface area contributed by atoms with Gasteiger partial charge in [-0.05, 0) is 17.2 Å². The Hall–Kier alpha value is -4.04. The Morgan fingerprint density at radius 1 is 0.966 bits per heavy atom. The molecule has 0 bridgehead atoms. The summed E-state index contributed by atoms with van der Waals surface area (Å²) in [5.74, 6) is -1.40. The lowest BCUT2D eigenvalue weighted by atomic mass is 9.85. The van der Waals surface area contributed by atoms with E-state index in [9.17, 15) is 25.1 Å². The number of benzene rings is 3. The minimum atomic E-state index is -2.01. The first-order valence-electron chi connectivity index (χ1n) is 8.58. The number of phenols is 1. The van der Waals surface area contributed by atoms with Crippen molar-refractivity contribution in [1.29, 1.82) is 0 Å². The van der Waals surface area contributed by atoms with Crippen LogP contribution in [0.5, 0.6) is 5.75 Å². The number of carbonyl (C=O) groups excluding carboxylic acids is 1. The predicted octanol–water partition coefficient (Wildman–Crippen LogP) is 2.69. The van der Waals surface area contributed by atoms with Crippen LogP contribution in [-0.4, -0.2) is 27.3 Å². The van der Waals surface area contributed by atoms with Gasteiger partial charge in [-0.25, -0.2) is 5.43 Å². The molecule has 3 aromatic rings. The lowest BCUT2D eigenvalue weighted by molar-refractivity contribution is -0.385. The molecule has 8 nitrogen and oxygen atoms in total. The molecular weight excluding hydrogens is 374 g/mol. The Labute approximate surface area is 165 Å². The predicted molar refractivity (Wildman–Crippen MR) is 106 cm³/mol. The van der Waals surface area contributed by atoms with Crippen LogP contribution in [0, 0.1) is 10.1 Å². The van der Waals surface area contributed by atoms with E-state index in [1.165, 1.54) is 12.1 Å². The quantitative estimate of drug-likeness (QED) is 0.338. The van der Waals surface area contributed by atoms with Gasteiger partial charge in [0.25, 0.3) is 5.91 Å². The molecule has 3 rings (SSSR count). The van der Waals surface area contributed by atoms with Crippen molar-refractivity contribution in [2.75, 3.05) is 0 Å². The van der Waals surface area contributed by atoms with Gasteiger partial charge >= 0.3 is 5.69 Å². The van der Waals surface area contributed by atoms with Crippen LogP contribution in [0.4, 0.5) is 5.69 Å². The van der Waals surface area contributed by atoms with Gasteiger partial charge in [-0.1, -0.05) is 66.7 Å². The zero-order chi connectivity index (χ0) is 20.9. The van der Waals surface area contributed by atoms with Crippen LogP contribution in [0.1, 0.15) is 16.7 Å². The number of para-hydroxylation sites is 1. The van der Waals surface area contributed by atoms with Crippen LogP contribution in [0.25, 0.3) is 0 Å². The molecule has 29 heavy (non-hydrogen) atoms. The Morgan fingerprint density at radius 2 is 1.52 bits per heavy atom. The van der Waals surface area contributed by atoms with Gasteiger partial charge < -0.3 is 10.2 Å². The summed E-state index contributed by atoms with van der Waals surface area (Å²) in [5, 5.41) is 35.9. The van der Waals surface area contributed by atoms with Crippen molar-refractivity contribution in [3.63, 3.8) is 0 Å². The second-order valence-electron chi connectivity index (χ2n) is 6.11. The maximum atomic E-state index is 12.9. The van der Waals surface area contributed by atoms with E-state index in [-0.39, 0.29) is 5.56 Å². The number of nitro groups is 1. The minimum absolute atomic E-state index is 0.0439. The van der Waals surface area contributed by atoms with Gasteiger partial charge in [0, 0.05) is 11.6 Å². The zero-order valence-electron chi connectivity index (χ0n) is 15.1. The summed E-state index contributed by atoms with van der Waals surface area (Å²) in [4.78, 5) is 23.0. The number of nitrogens with one attached hydrogen (secondary N) is 1. The van der Waals surface area contributed by atoms with Gasteiger partial charge in [0.2, 0.25) is 5.75 Å². The first kappa shape index (κ1) is 19.7. The molecule has 0 radical (unpaired) electrons. The van der Waals surface area contributed by atoms with Crippen LogP contribution in [-0.2, 0) is 10.4 Å². The highest BCUT2D eigenvalue weighted by molar-refractivity contribution is 5.92. The molecule has 0 aliphatic carbocycles. The van der Waals surface area contributed by atoms with Crippen molar-refractivity contribution < 1.29 is 19.9 Å². The highest BCUT2D eigenvalue weighted by atomic mass is 16.6. The number of hydrazone groups is 1. The molecule has 0 saturated heterocycles. The highest BCUT2D eigenvalue weighted by Gasteiger charge is 2.39. The molecule has 0 atom stereocenters. The van der Waals surface area contributed by atoms with E-state index in [0.29, 0.717) is 11.1 Å². The number of phenolic OH excluding ortho intramolecular Hbond substituents is 1. The summed E-state index contributed by atoms with van der Waals surface area (Å²) >= 11 is 0. The third-order valence-corrected chi connectivity index (χ3v) is 4.32. The maximum Gasteiger partial charge on any atom is 0.311 e. The monoisotopic (exact) mass is 391 g/mol. The van der Waals surface area contributed by atoms with E-state index in [0.717, 1.165) is 12.3 Å². The topological polar surface area (TPSA) is 125 Å². The number of amides is 1. The maximum absolute atomic E-state index is 12.9. The second-order valence-corrected chi connectivity index (χ2v) is 6.11. The fourth-order valence-electron chi connectivity index (χ4n) is 2.83. The summed E-state index contributed by atoms with van der Waals surface area (Å²) < 4.78 is 0. The van der Waals surface area contributed by atoms with Crippen LogP contribution >= 0.6 is 0 Å². The molecule has 0 saturated carbocycles. The molecule has 0 heterocycles. The number of rotatable bonds is 6. The fraction of sp³-hybridized carbons (Fsp3) is 0.0476. The largest absolute Gasteiger partial charge is 0.502 e. The molecule has 0 fully saturated rings. The molecule has 0 spiro atoms. The van der Waals surface area contributed by atoms with E-state index in [2.05, 4.69) is 10.5 Å². The van der Waals surface area contributed by atoms with Crippen molar-refractivity contribution in [3.05, 3.63) is 106 Å². The van der Waals surface area contributed by atoms with Gasteiger partial charge in [-0.3, -0.25) is 14.9 Å². The van der Waals surface area contributed by atoms with Crippen molar-refractivity contribution in [1.82, 2.24) is 5.43 Å². The van der Waals surface area contributed by atoms with Gasteiger partial charge in [-0.2, -0.15) is 5.10 Å². The third-order valence-electron chi connectivity index (χ3n) is 4.32. The first-order chi connectivity index (χ1) is 13.9. The van der Waals surface area contributed by atoms with Gasteiger partial charge in [0.15, 0.2) is 5.60 Å². The molecule has 0 aliphatic heterocycles. The molecule has 3 aromatic carbocycles. The summed E-state index contributed by atoms with van der Waals surface area (Å²) in [6.45, 7) is 0. The fourth-order valence-corrected chi connectivity index (χ4v) is 2.83. The van der Waals surface area contributed by atoms with Crippen molar-refractivity contribution in [2.24, 2.45) is 5.10 Å². The van der Waals surface area contributed by atoms with Crippen LogP contribution < -0.4 is 5.43 Å². The van der Waals surface area contributed by atoms with E-state index >= 15 is 0 Å². The molecule has 1 amide bonds. The number of hydrogen-bond donors (Lipinski definition) is 3. The SMILES string of the molecule is O=C(N/N=C/c1cccc([N+](=O)[O-])c1O)C(O)(c1ccccc1)c1ccccc1. The molecule has 8 heteroatoms. The number of nitrogens with zero attached hydrogens (tertiary/aromatic N) is 2. The highest BCUT2D eigenvalue weighted by Crippen LogP contribution is 2.30. The van der Waals surface area contributed by atoms with Crippen molar-refractivity contribution >= 4 is 17.8 Å². The second kappa shape index (κ2) is 8.32. The molecule has 0 aromatic heterocycles. The van der Waals surface area contributed by atoms with E-state index in [1.54, 1.807) is 60.7 Å². The zero-order valence-corrected chi connectivity index (χ0v) is 15.1. The van der Waals surface area contributed by atoms with Crippen molar-refractivity contribution in [2.45, 2.75) is 5.60 Å². The summed E-state index contributed by atoms with van der Waals surface area (Å²) in [6.07, 6.45) is 1.07. The number of aliphatic hydroxyl groups is 1. The molecule has 0 aliphatic rings. The Bertz CT molecular complexity index is 1010. The normalized spacial score (nSPS) is 11.3. The number of carbonyl (C=O) groups is 1. The minimum Gasteiger partial charge on any atom is -0.502 e. The Morgan fingerprint density at radius 3 is 2.03 bits per heavy atom. The standard InChI is InChI=1S/C21H17N3O5/c25-19-15(8-7-13-18(19)24(28)29)14-22-23-20(26)21(27,16-9-3-1-4-10-16)17-11-5-2-6-12-17/h1-14,25,27H,(H,23,26)/b22-14+. The lowest BCUT2D eigenvalue weighted by Gasteiger charge is -2.27. The van der Waals surface area contributed by atoms with Crippen LogP contribution in [0.2, 0.25) is 0 Å². The molecule has 3 N–H and O–H groups in total. The van der Waals surface area contributed by atoms with Gasteiger partial charge in [-0.15, -0.1) is 0 Å². The van der Waals surface area contributed by atoms with Crippen molar-refractivity contribution in [3.8, 4) is 5.75 Å². The summed E-state index contributed by atoms with van der Waals surface area (Å²) in [5.41, 5.74) is 0.487. The smallest absolute Gasteiger partial charge is 0.311 e. The first-order valence-corrected chi connectivity index (χ1v) is 8.58. The van der Waals surface area contributed by atoms with Gasteiger partial charge in [0.1, 0.15) is 0 Å². The lowest BCUT2D eigenvalue weighted by Crippen LogP contribution is -2.43. The van der Waals surface area contributed by atoms with E-state index in [1.807, 2.05) is 0 Å². The Kier molecular flexibility index (Phi) is 5.66. The van der Waals surface area contributed by atoms with Crippen LogP contribution in [0.3, 0.4) is 0 Å². The number of aromatic hydroxyl groups is 1. The van der Waals surface area contributed by atoms with Crippen LogP contribution in [0.15, 0.2) is 84.0 Å². The molecule has 0 unspecified atom stereocenters.